The van der Waals surface area contributed by atoms with Gasteiger partial charge in [0, 0.05) is 16.9 Å². The second-order valence-electron chi connectivity index (χ2n) is 6.77. The molecule has 0 saturated carbocycles. The van der Waals surface area contributed by atoms with Crippen LogP contribution in [0.2, 0.25) is 0 Å². The Kier molecular flexibility index (Phi) is 5.89. The van der Waals surface area contributed by atoms with Crippen LogP contribution in [0.3, 0.4) is 0 Å². The van der Waals surface area contributed by atoms with E-state index in [-0.39, 0.29) is 16.0 Å². The van der Waals surface area contributed by atoms with Crippen LogP contribution in [0.15, 0.2) is 71.6 Å². The van der Waals surface area contributed by atoms with Crippen LogP contribution in [0.5, 0.6) is 0 Å². The highest BCUT2D eigenvalue weighted by molar-refractivity contribution is 7.92. The zero-order valence-corrected chi connectivity index (χ0v) is 17.1. The Hall–Kier alpha value is -3.65. The summed E-state index contributed by atoms with van der Waals surface area (Å²) in [5.41, 5.74) is 2.33. The first-order valence-corrected chi connectivity index (χ1v) is 10.5. The average Bonchev–Trinajstić information content (AvgIpc) is 2.68. The monoisotopic (exact) mass is 423 g/mol. The number of hydrogen-bond donors (Lipinski definition) is 2. The third kappa shape index (κ3) is 4.84. The number of benzene rings is 3. The summed E-state index contributed by atoms with van der Waals surface area (Å²) in [6.45, 7) is 3.50. The number of aryl methyl sites for hydroxylation is 2. The SMILES string of the molecule is Cc1cccc(NS(=O)(=O)c2cc(C(=O)Nc3ccc(C(=O)[O-])cc3)ccc2C)c1. The molecule has 0 aliphatic heterocycles. The van der Waals surface area contributed by atoms with E-state index in [0.717, 1.165) is 5.56 Å². The van der Waals surface area contributed by atoms with Crippen molar-refractivity contribution in [1.82, 2.24) is 0 Å². The highest BCUT2D eigenvalue weighted by Gasteiger charge is 2.19. The summed E-state index contributed by atoms with van der Waals surface area (Å²) in [6.07, 6.45) is 0. The zero-order chi connectivity index (χ0) is 21.9. The van der Waals surface area contributed by atoms with Crippen molar-refractivity contribution in [3.63, 3.8) is 0 Å². The molecule has 2 N–H and O–H groups in total. The highest BCUT2D eigenvalue weighted by Crippen LogP contribution is 2.22. The Balaban J connectivity index is 1.85. The van der Waals surface area contributed by atoms with E-state index in [4.69, 9.17) is 0 Å². The maximum atomic E-state index is 12.9. The molecule has 0 bridgehead atoms. The second kappa shape index (κ2) is 8.38. The van der Waals surface area contributed by atoms with E-state index >= 15 is 0 Å². The molecule has 0 saturated heterocycles. The van der Waals surface area contributed by atoms with Crippen molar-refractivity contribution in [2.75, 3.05) is 10.0 Å². The minimum atomic E-state index is -3.91. The van der Waals surface area contributed by atoms with E-state index in [1.165, 1.54) is 36.4 Å². The van der Waals surface area contributed by atoms with Gasteiger partial charge in [-0.25, -0.2) is 8.42 Å². The number of carbonyl (C=O) groups is 2. The molecule has 3 aromatic carbocycles. The summed E-state index contributed by atoms with van der Waals surface area (Å²) >= 11 is 0. The molecule has 0 unspecified atom stereocenters. The standard InChI is InChI=1S/C22H20N2O5S/c1-14-4-3-5-19(12-14)24-30(28,29)20-13-17(7-6-15(20)2)21(25)23-18-10-8-16(9-11-18)22(26)27/h3-13,24H,1-2H3,(H,23,25)(H,26,27)/p-1. The van der Waals surface area contributed by atoms with Gasteiger partial charge in [-0.05, 0) is 66.9 Å². The van der Waals surface area contributed by atoms with Crippen molar-refractivity contribution < 1.29 is 23.1 Å². The molecular formula is C22H19N2O5S-. The Morgan fingerprint density at radius 2 is 1.50 bits per heavy atom. The molecular weight excluding hydrogens is 404 g/mol. The summed E-state index contributed by atoms with van der Waals surface area (Å²) in [6, 6.07) is 16.8. The highest BCUT2D eigenvalue weighted by atomic mass is 32.2. The quantitative estimate of drug-likeness (QED) is 0.633. The summed E-state index contributed by atoms with van der Waals surface area (Å²) in [4.78, 5) is 23.4. The van der Waals surface area contributed by atoms with Gasteiger partial charge < -0.3 is 15.2 Å². The second-order valence-corrected chi connectivity index (χ2v) is 8.43. The van der Waals surface area contributed by atoms with E-state index in [1.807, 2.05) is 13.0 Å². The van der Waals surface area contributed by atoms with Crippen LogP contribution in [0.25, 0.3) is 0 Å². The van der Waals surface area contributed by atoms with Gasteiger partial charge in [0.25, 0.3) is 15.9 Å². The molecule has 3 aromatic rings. The molecule has 0 aromatic heterocycles. The van der Waals surface area contributed by atoms with Gasteiger partial charge in [-0.15, -0.1) is 0 Å². The first-order chi connectivity index (χ1) is 14.2. The first-order valence-electron chi connectivity index (χ1n) is 8.98. The molecule has 0 spiro atoms. The number of carboxylic acids is 1. The molecule has 3 rings (SSSR count). The van der Waals surface area contributed by atoms with E-state index in [2.05, 4.69) is 10.0 Å². The number of anilines is 2. The first kappa shape index (κ1) is 21.1. The lowest BCUT2D eigenvalue weighted by molar-refractivity contribution is -0.255. The van der Waals surface area contributed by atoms with Crippen LogP contribution in [0.1, 0.15) is 31.8 Å². The Labute approximate surface area is 174 Å². The van der Waals surface area contributed by atoms with Gasteiger partial charge in [-0.2, -0.15) is 0 Å². The molecule has 154 valence electrons. The fraction of sp³-hybridized carbons (Fsp3) is 0.0909. The molecule has 0 heterocycles. The minimum Gasteiger partial charge on any atom is -0.545 e. The van der Waals surface area contributed by atoms with Crippen molar-refractivity contribution in [2.24, 2.45) is 0 Å². The van der Waals surface area contributed by atoms with Gasteiger partial charge in [-0.3, -0.25) is 9.52 Å². The predicted molar refractivity (Wildman–Crippen MR) is 112 cm³/mol. The van der Waals surface area contributed by atoms with Crippen LogP contribution >= 0.6 is 0 Å². The van der Waals surface area contributed by atoms with Crippen molar-refractivity contribution in [1.29, 1.82) is 0 Å². The Morgan fingerprint density at radius 3 is 2.13 bits per heavy atom. The average molecular weight is 423 g/mol. The molecule has 8 heteroatoms. The van der Waals surface area contributed by atoms with Crippen LogP contribution in [0, 0.1) is 13.8 Å². The molecule has 30 heavy (non-hydrogen) atoms. The lowest BCUT2D eigenvalue weighted by Crippen LogP contribution is -2.22. The topological polar surface area (TPSA) is 115 Å². The molecule has 0 atom stereocenters. The third-order valence-electron chi connectivity index (χ3n) is 4.39. The fourth-order valence-corrected chi connectivity index (χ4v) is 4.16. The number of hydrogen-bond acceptors (Lipinski definition) is 5. The molecule has 0 radical (unpaired) electrons. The number of aromatic carboxylic acids is 1. The molecule has 7 nitrogen and oxygen atoms in total. The van der Waals surface area contributed by atoms with Gasteiger partial charge in [0.05, 0.1) is 10.9 Å². The number of nitrogens with one attached hydrogen (secondary N) is 2. The Morgan fingerprint density at radius 1 is 0.833 bits per heavy atom. The van der Waals surface area contributed by atoms with Gasteiger partial charge in [0.2, 0.25) is 0 Å². The maximum absolute atomic E-state index is 12.9. The number of carbonyl (C=O) groups excluding carboxylic acids is 2. The van der Waals surface area contributed by atoms with Crippen molar-refractivity contribution in [3.05, 3.63) is 89.0 Å². The number of amides is 1. The van der Waals surface area contributed by atoms with E-state index in [9.17, 15) is 23.1 Å². The van der Waals surface area contributed by atoms with Gasteiger partial charge >= 0.3 is 0 Å². The van der Waals surface area contributed by atoms with Gasteiger partial charge in [0.1, 0.15) is 0 Å². The summed E-state index contributed by atoms with van der Waals surface area (Å²) in [5, 5.41) is 13.4. The lowest BCUT2D eigenvalue weighted by atomic mass is 10.1. The summed E-state index contributed by atoms with van der Waals surface area (Å²) < 4.78 is 28.3. The lowest BCUT2D eigenvalue weighted by Gasteiger charge is -2.13. The van der Waals surface area contributed by atoms with E-state index < -0.39 is 21.9 Å². The molecule has 0 aliphatic rings. The fourth-order valence-electron chi connectivity index (χ4n) is 2.84. The smallest absolute Gasteiger partial charge is 0.262 e. The van der Waals surface area contributed by atoms with Crippen LogP contribution in [0.4, 0.5) is 11.4 Å². The van der Waals surface area contributed by atoms with Gasteiger partial charge in [-0.1, -0.05) is 30.3 Å². The van der Waals surface area contributed by atoms with Crippen LogP contribution in [-0.4, -0.2) is 20.3 Å². The van der Waals surface area contributed by atoms with Crippen LogP contribution in [-0.2, 0) is 10.0 Å². The summed E-state index contributed by atoms with van der Waals surface area (Å²) in [5.74, 6) is -1.84. The molecule has 0 aliphatic carbocycles. The van der Waals surface area contributed by atoms with Crippen molar-refractivity contribution >= 4 is 33.3 Å². The number of sulfonamides is 1. The molecule has 0 fully saturated rings. The van der Waals surface area contributed by atoms with E-state index in [1.54, 1.807) is 31.2 Å². The molecule has 1 amide bonds. The Bertz CT molecular complexity index is 1220. The predicted octanol–water partition coefficient (Wildman–Crippen LogP) is 2.72. The third-order valence-corrected chi connectivity index (χ3v) is 5.91. The minimum absolute atomic E-state index is 0.0102. The van der Waals surface area contributed by atoms with Gasteiger partial charge in [0.15, 0.2) is 0 Å². The van der Waals surface area contributed by atoms with Crippen molar-refractivity contribution in [3.8, 4) is 0 Å². The number of rotatable bonds is 6. The summed E-state index contributed by atoms with van der Waals surface area (Å²) in [7, 11) is -3.91. The number of carboxylic acid groups (broad SMARTS) is 1. The van der Waals surface area contributed by atoms with Crippen molar-refractivity contribution in [2.45, 2.75) is 18.7 Å². The normalized spacial score (nSPS) is 11.0. The van der Waals surface area contributed by atoms with Crippen LogP contribution < -0.4 is 15.1 Å². The largest absolute Gasteiger partial charge is 0.545 e. The van der Waals surface area contributed by atoms with E-state index in [0.29, 0.717) is 16.9 Å². The zero-order valence-electron chi connectivity index (χ0n) is 16.3. The maximum Gasteiger partial charge on any atom is 0.262 e.